The topological polar surface area (TPSA) is 120 Å². The van der Waals surface area contributed by atoms with E-state index >= 15 is 0 Å². The van der Waals surface area contributed by atoms with Gasteiger partial charge in [0.05, 0.1) is 12.0 Å². The molecule has 8 heteroatoms. The van der Waals surface area contributed by atoms with Gasteiger partial charge in [0.25, 0.3) is 0 Å². The second-order valence-corrected chi connectivity index (χ2v) is 4.20. The van der Waals surface area contributed by atoms with Gasteiger partial charge in [0.15, 0.2) is 5.84 Å². The molecule has 0 heterocycles. The number of rotatable bonds is 5. The predicted octanol–water partition coefficient (Wildman–Crippen LogP) is 2.49. The van der Waals surface area contributed by atoms with Crippen molar-refractivity contribution in [1.29, 1.82) is 0 Å². The van der Waals surface area contributed by atoms with Crippen molar-refractivity contribution in [2.75, 3.05) is 7.11 Å². The highest BCUT2D eigenvalue weighted by Crippen LogP contribution is 2.32. The van der Waals surface area contributed by atoms with Crippen LogP contribution in [0.25, 0.3) is 0 Å². The first-order valence-electron chi connectivity index (χ1n) is 6.13. The monoisotopic (exact) mass is 303 g/mol. The third-order valence-electron chi connectivity index (χ3n) is 2.85. The third kappa shape index (κ3) is 3.23. The maximum Gasteiger partial charge on any atom is 0.312 e. The highest BCUT2D eigenvalue weighted by Gasteiger charge is 2.18. The van der Waals surface area contributed by atoms with Gasteiger partial charge in [0, 0.05) is 11.6 Å². The zero-order valence-corrected chi connectivity index (χ0v) is 11.6. The standard InChI is InChI=1S/C14H13N3O5/c1-21-10-3-5-11(6-4-10)22-13-7-2-9(14(15)16-18)8-12(13)17(19)20/h2-8,18H,1H3,(H2,15,16). The molecule has 0 aliphatic carbocycles. The maximum atomic E-state index is 11.1. The number of methoxy groups -OCH3 is 1. The van der Waals surface area contributed by atoms with Gasteiger partial charge in [-0.3, -0.25) is 10.1 Å². The molecule has 0 aromatic heterocycles. The Balaban J connectivity index is 2.35. The van der Waals surface area contributed by atoms with E-state index in [1.807, 2.05) is 0 Å². The van der Waals surface area contributed by atoms with Crippen molar-refractivity contribution in [2.24, 2.45) is 10.9 Å². The van der Waals surface area contributed by atoms with Crippen LogP contribution in [0, 0.1) is 10.1 Å². The Morgan fingerprint density at radius 2 is 1.86 bits per heavy atom. The van der Waals surface area contributed by atoms with Crippen molar-refractivity contribution in [3.05, 3.63) is 58.1 Å². The predicted molar refractivity (Wildman–Crippen MR) is 78.7 cm³/mol. The molecule has 0 amide bonds. The summed E-state index contributed by atoms with van der Waals surface area (Å²) >= 11 is 0. The Labute approximate surface area is 125 Å². The zero-order valence-electron chi connectivity index (χ0n) is 11.6. The number of benzene rings is 2. The lowest BCUT2D eigenvalue weighted by Gasteiger charge is -2.08. The molecule has 22 heavy (non-hydrogen) atoms. The SMILES string of the molecule is COc1ccc(Oc2ccc(/C(N)=N\O)cc2[N+](=O)[O-])cc1. The van der Waals surface area contributed by atoms with Crippen LogP contribution in [0.2, 0.25) is 0 Å². The first-order valence-corrected chi connectivity index (χ1v) is 6.13. The second kappa shape index (κ2) is 6.44. The zero-order chi connectivity index (χ0) is 16.1. The van der Waals surface area contributed by atoms with E-state index in [2.05, 4.69) is 5.16 Å². The number of hydrogen-bond donors (Lipinski definition) is 2. The van der Waals surface area contributed by atoms with Gasteiger partial charge in [-0.15, -0.1) is 0 Å². The molecule has 0 atom stereocenters. The molecule has 2 rings (SSSR count). The van der Waals surface area contributed by atoms with Crippen LogP contribution in [0.1, 0.15) is 5.56 Å². The van der Waals surface area contributed by atoms with Crippen LogP contribution >= 0.6 is 0 Å². The quantitative estimate of drug-likeness (QED) is 0.288. The van der Waals surface area contributed by atoms with Crippen molar-refractivity contribution >= 4 is 11.5 Å². The van der Waals surface area contributed by atoms with Gasteiger partial charge < -0.3 is 20.4 Å². The van der Waals surface area contributed by atoms with Crippen LogP contribution in [0.5, 0.6) is 17.2 Å². The molecular formula is C14H13N3O5. The fourth-order valence-corrected chi connectivity index (χ4v) is 1.73. The lowest BCUT2D eigenvalue weighted by Crippen LogP contribution is -2.13. The Hall–Kier alpha value is -3.29. The van der Waals surface area contributed by atoms with Gasteiger partial charge in [-0.1, -0.05) is 5.16 Å². The summed E-state index contributed by atoms with van der Waals surface area (Å²) in [6.45, 7) is 0. The van der Waals surface area contributed by atoms with Crippen molar-refractivity contribution in [2.45, 2.75) is 0 Å². The molecule has 114 valence electrons. The average molecular weight is 303 g/mol. The molecular weight excluding hydrogens is 290 g/mol. The molecule has 2 aromatic carbocycles. The number of amidine groups is 1. The minimum Gasteiger partial charge on any atom is -0.497 e. The summed E-state index contributed by atoms with van der Waals surface area (Å²) in [6.07, 6.45) is 0. The van der Waals surface area contributed by atoms with Gasteiger partial charge in [0.2, 0.25) is 5.75 Å². The van der Waals surface area contributed by atoms with E-state index in [-0.39, 0.29) is 22.8 Å². The van der Waals surface area contributed by atoms with Crippen LogP contribution < -0.4 is 15.2 Å². The molecule has 0 fully saturated rings. The van der Waals surface area contributed by atoms with E-state index in [1.165, 1.54) is 25.3 Å². The van der Waals surface area contributed by atoms with Gasteiger partial charge in [0.1, 0.15) is 11.5 Å². The van der Waals surface area contributed by atoms with E-state index in [0.29, 0.717) is 11.5 Å². The number of nitrogens with zero attached hydrogens (tertiary/aromatic N) is 2. The third-order valence-corrected chi connectivity index (χ3v) is 2.85. The molecule has 0 saturated carbocycles. The largest absolute Gasteiger partial charge is 0.497 e. The molecule has 0 aliphatic heterocycles. The van der Waals surface area contributed by atoms with Crippen molar-refractivity contribution in [3.63, 3.8) is 0 Å². The van der Waals surface area contributed by atoms with Gasteiger partial charge in [-0.05, 0) is 36.4 Å². The Kier molecular flexibility index (Phi) is 4.42. The fraction of sp³-hybridized carbons (Fsp3) is 0.0714. The molecule has 3 N–H and O–H groups in total. The molecule has 0 spiro atoms. The van der Waals surface area contributed by atoms with E-state index in [1.54, 1.807) is 24.3 Å². The number of nitro benzene ring substituents is 1. The summed E-state index contributed by atoms with van der Waals surface area (Å²) < 4.78 is 10.5. The smallest absolute Gasteiger partial charge is 0.312 e. The lowest BCUT2D eigenvalue weighted by molar-refractivity contribution is -0.385. The first-order chi connectivity index (χ1) is 10.5. The van der Waals surface area contributed by atoms with Gasteiger partial charge in [-0.25, -0.2) is 0 Å². The second-order valence-electron chi connectivity index (χ2n) is 4.20. The normalized spacial score (nSPS) is 11.0. The van der Waals surface area contributed by atoms with E-state index in [0.717, 1.165) is 0 Å². The Morgan fingerprint density at radius 3 is 2.41 bits per heavy atom. The number of oxime groups is 1. The Bertz CT molecular complexity index is 713. The van der Waals surface area contributed by atoms with Gasteiger partial charge >= 0.3 is 5.69 Å². The number of nitro groups is 1. The maximum absolute atomic E-state index is 11.1. The van der Waals surface area contributed by atoms with Crippen molar-refractivity contribution < 1.29 is 19.6 Å². The van der Waals surface area contributed by atoms with Crippen LogP contribution in [0.3, 0.4) is 0 Å². The summed E-state index contributed by atoms with van der Waals surface area (Å²) in [7, 11) is 1.53. The molecule has 0 saturated heterocycles. The van der Waals surface area contributed by atoms with Gasteiger partial charge in [-0.2, -0.15) is 0 Å². The molecule has 0 aliphatic rings. The number of hydrogen-bond acceptors (Lipinski definition) is 6. The van der Waals surface area contributed by atoms with Crippen molar-refractivity contribution in [3.8, 4) is 17.2 Å². The molecule has 0 bridgehead atoms. The van der Waals surface area contributed by atoms with E-state index in [4.69, 9.17) is 20.4 Å². The summed E-state index contributed by atoms with van der Waals surface area (Å²) in [5.74, 6) is 0.883. The summed E-state index contributed by atoms with van der Waals surface area (Å²) in [6, 6.07) is 10.6. The van der Waals surface area contributed by atoms with Crippen LogP contribution in [0.15, 0.2) is 47.6 Å². The van der Waals surface area contributed by atoms with Crippen LogP contribution in [-0.2, 0) is 0 Å². The summed E-state index contributed by atoms with van der Waals surface area (Å²) in [5, 5.41) is 22.6. The van der Waals surface area contributed by atoms with Crippen LogP contribution in [-0.4, -0.2) is 23.1 Å². The number of ether oxygens (including phenoxy) is 2. The molecule has 2 aromatic rings. The minimum absolute atomic E-state index is 0.0460. The lowest BCUT2D eigenvalue weighted by atomic mass is 10.1. The average Bonchev–Trinajstić information content (AvgIpc) is 2.55. The van der Waals surface area contributed by atoms with E-state index < -0.39 is 4.92 Å². The highest BCUT2D eigenvalue weighted by atomic mass is 16.6. The van der Waals surface area contributed by atoms with E-state index in [9.17, 15) is 10.1 Å². The fourth-order valence-electron chi connectivity index (χ4n) is 1.73. The summed E-state index contributed by atoms with van der Waals surface area (Å²) in [5.41, 5.74) is 5.35. The highest BCUT2D eigenvalue weighted by molar-refractivity contribution is 5.97. The summed E-state index contributed by atoms with van der Waals surface area (Å²) in [4.78, 5) is 10.5. The van der Waals surface area contributed by atoms with Crippen LogP contribution in [0.4, 0.5) is 5.69 Å². The minimum atomic E-state index is -0.604. The molecule has 0 unspecified atom stereocenters. The molecule has 8 nitrogen and oxygen atoms in total. The Morgan fingerprint density at radius 1 is 1.23 bits per heavy atom. The number of nitrogens with two attached hydrogens (primary N) is 1. The van der Waals surface area contributed by atoms with Crippen molar-refractivity contribution in [1.82, 2.24) is 0 Å². The molecule has 0 radical (unpaired) electrons. The first kappa shape index (κ1) is 15.1.